The molecule has 7 aliphatic rings. The van der Waals surface area contributed by atoms with Crippen LogP contribution in [0.5, 0.6) is 0 Å². The van der Waals surface area contributed by atoms with E-state index < -0.39 is 6.10 Å². The van der Waals surface area contributed by atoms with Gasteiger partial charge in [0.2, 0.25) is 0 Å². The van der Waals surface area contributed by atoms with Crippen molar-refractivity contribution in [3.8, 4) is 0 Å². The first kappa shape index (κ1) is 38.0. The van der Waals surface area contributed by atoms with Crippen LogP contribution in [0.2, 0.25) is 0 Å². The largest absolute Gasteiger partial charge is 0.396 e. The van der Waals surface area contributed by atoms with E-state index in [-0.39, 0.29) is 60.5 Å². The van der Waals surface area contributed by atoms with E-state index in [0.717, 1.165) is 96.9 Å². The zero-order valence-corrected chi connectivity index (χ0v) is 32.0. The minimum Gasteiger partial charge on any atom is -0.396 e. The lowest BCUT2D eigenvalue weighted by Crippen LogP contribution is -2.64. The molecule has 0 spiro atoms. The standard InChI is InChI=1S/C42H72O8/c1-27(14-17-34(44)28(2)26-43)31-15-16-32-40-33(25-36(42(31,32)4)50-39-13-7-10-22-47-39)41(3)19-18-30(48-37-11-5-8-20-45-37)23-29(41)24-35(40)49-38-12-6-9-21-46-38/h27-40,43-44H,5-26H2,1-4H3/t27-,28?,29+,30-,31-,32+,33+,34?,35-,36+,37?,38?,39?,40+,41+,42-/m1/s1. The Labute approximate surface area is 303 Å². The first-order valence-electron chi connectivity index (χ1n) is 21.3. The van der Waals surface area contributed by atoms with Gasteiger partial charge < -0.3 is 38.6 Å². The average Bonchev–Trinajstić information content (AvgIpc) is 3.50. The SMILES string of the molecule is CC(CO)C(O)CC[C@@H](C)[C@H]1CC[C@H]2[C@@H]3[C@H](OC4CCCCO4)C[C@@H]4C[C@H](OC5CCCCO5)CC[C@]4(C)[C@H]3C[C@H](OC3CCCCO3)[C@]12C. The first-order valence-corrected chi connectivity index (χ1v) is 21.3. The van der Waals surface area contributed by atoms with Gasteiger partial charge in [0.1, 0.15) is 0 Å². The van der Waals surface area contributed by atoms with Gasteiger partial charge in [-0.15, -0.1) is 0 Å². The number of rotatable bonds is 12. The molecule has 2 N–H and O–H groups in total. The van der Waals surface area contributed by atoms with E-state index in [1.807, 2.05) is 6.92 Å². The molecule has 0 amide bonds. The molecule has 0 bridgehead atoms. The fourth-order valence-corrected chi connectivity index (χ4v) is 12.6. The molecule has 0 aromatic rings. The van der Waals surface area contributed by atoms with Gasteiger partial charge in [0.25, 0.3) is 0 Å². The summed E-state index contributed by atoms with van der Waals surface area (Å²) in [5, 5.41) is 20.5. The van der Waals surface area contributed by atoms with Crippen LogP contribution in [0.1, 0.15) is 143 Å². The van der Waals surface area contributed by atoms with E-state index in [9.17, 15) is 10.2 Å². The van der Waals surface area contributed by atoms with Gasteiger partial charge in [-0.25, -0.2) is 0 Å². The van der Waals surface area contributed by atoms with Gasteiger partial charge in [0, 0.05) is 37.8 Å². The number of fused-ring (bicyclic) bond motifs is 5. The first-order chi connectivity index (χ1) is 24.2. The van der Waals surface area contributed by atoms with Crippen molar-refractivity contribution < 1.29 is 38.6 Å². The second kappa shape index (κ2) is 16.6. The molecule has 7 rings (SSSR count). The van der Waals surface area contributed by atoms with Crippen LogP contribution < -0.4 is 0 Å². The van der Waals surface area contributed by atoms with E-state index in [1.165, 1.54) is 38.5 Å². The third-order valence-electron chi connectivity index (χ3n) is 15.7. The van der Waals surface area contributed by atoms with E-state index in [2.05, 4.69) is 20.8 Å². The average molecular weight is 705 g/mol. The zero-order valence-electron chi connectivity index (χ0n) is 32.0. The molecule has 7 fully saturated rings. The molecular weight excluding hydrogens is 632 g/mol. The Morgan fingerprint density at radius 1 is 0.700 bits per heavy atom. The maximum absolute atomic E-state index is 10.8. The van der Waals surface area contributed by atoms with Crippen molar-refractivity contribution in [2.45, 2.75) is 187 Å². The second-order valence-corrected chi connectivity index (χ2v) is 18.5. The minimum absolute atomic E-state index is 0.00575. The Bertz CT molecular complexity index is 1060. The smallest absolute Gasteiger partial charge is 0.157 e. The molecule has 0 aromatic heterocycles. The van der Waals surface area contributed by atoms with Crippen molar-refractivity contribution in [3.63, 3.8) is 0 Å². The quantitative estimate of drug-likeness (QED) is 0.198. The number of hydrogen-bond donors (Lipinski definition) is 2. The molecule has 8 nitrogen and oxygen atoms in total. The third kappa shape index (κ3) is 7.76. The highest BCUT2D eigenvalue weighted by molar-refractivity contribution is 5.15. The molecule has 8 heteroatoms. The summed E-state index contributed by atoms with van der Waals surface area (Å²) < 4.78 is 39.9. The summed E-state index contributed by atoms with van der Waals surface area (Å²) in [4.78, 5) is 0. The van der Waals surface area contributed by atoms with Crippen LogP contribution in [0.15, 0.2) is 0 Å². The van der Waals surface area contributed by atoms with Gasteiger partial charge in [-0.2, -0.15) is 0 Å². The Morgan fingerprint density at radius 3 is 1.96 bits per heavy atom. The van der Waals surface area contributed by atoms with Crippen molar-refractivity contribution in [1.82, 2.24) is 0 Å². The van der Waals surface area contributed by atoms with Gasteiger partial charge in [-0.3, -0.25) is 0 Å². The highest BCUT2D eigenvalue weighted by Crippen LogP contribution is 2.69. The zero-order chi connectivity index (χ0) is 34.9. The molecule has 4 aliphatic carbocycles. The lowest BCUT2D eigenvalue weighted by Gasteiger charge is -2.65. The van der Waals surface area contributed by atoms with Crippen LogP contribution in [0, 0.1) is 52.3 Å². The Balaban J connectivity index is 1.17. The molecule has 0 radical (unpaired) electrons. The number of aliphatic hydroxyl groups excluding tert-OH is 2. The van der Waals surface area contributed by atoms with E-state index in [0.29, 0.717) is 35.5 Å². The number of ether oxygens (including phenoxy) is 6. The maximum atomic E-state index is 10.8. The van der Waals surface area contributed by atoms with Crippen molar-refractivity contribution >= 4 is 0 Å². The van der Waals surface area contributed by atoms with E-state index >= 15 is 0 Å². The summed E-state index contributed by atoms with van der Waals surface area (Å²) in [5.74, 6) is 2.94. The van der Waals surface area contributed by atoms with Gasteiger partial charge in [0.15, 0.2) is 18.9 Å². The Morgan fingerprint density at radius 2 is 1.34 bits per heavy atom. The van der Waals surface area contributed by atoms with Crippen LogP contribution in [-0.2, 0) is 28.4 Å². The fourth-order valence-electron chi connectivity index (χ4n) is 12.6. The minimum atomic E-state index is -0.460. The summed E-state index contributed by atoms with van der Waals surface area (Å²) in [6.07, 6.45) is 19.6. The van der Waals surface area contributed by atoms with Crippen LogP contribution in [0.25, 0.3) is 0 Å². The number of aliphatic hydroxyl groups is 2. The van der Waals surface area contributed by atoms with Crippen molar-refractivity contribution in [1.29, 1.82) is 0 Å². The normalized spacial score (nSPS) is 47.0. The molecule has 3 saturated heterocycles. The van der Waals surface area contributed by atoms with Crippen LogP contribution in [0.3, 0.4) is 0 Å². The summed E-state index contributed by atoms with van der Waals surface area (Å²) >= 11 is 0. The summed E-state index contributed by atoms with van der Waals surface area (Å²) in [6.45, 7) is 12.1. The summed E-state index contributed by atoms with van der Waals surface area (Å²) in [5.41, 5.74) is 0.224. The van der Waals surface area contributed by atoms with Gasteiger partial charge in [-0.1, -0.05) is 27.7 Å². The lowest BCUT2D eigenvalue weighted by atomic mass is 9.43. The molecule has 5 unspecified atom stereocenters. The van der Waals surface area contributed by atoms with E-state index in [4.69, 9.17) is 28.4 Å². The third-order valence-corrected chi connectivity index (χ3v) is 15.7. The molecule has 288 valence electrons. The van der Waals surface area contributed by atoms with Crippen LogP contribution in [0.4, 0.5) is 0 Å². The van der Waals surface area contributed by atoms with Gasteiger partial charge in [-0.05, 0) is 156 Å². The Kier molecular flexibility index (Phi) is 12.6. The van der Waals surface area contributed by atoms with E-state index in [1.54, 1.807) is 0 Å². The molecule has 4 saturated carbocycles. The Hall–Kier alpha value is -0.320. The molecular formula is C42H72O8. The summed E-state index contributed by atoms with van der Waals surface area (Å²) in [6, 6.07) is 0. The van der Waals surface area contributed by atoms with Crippen molar-refractivity contribution in [3.05, 3.63) is 0 Å². The second-order valence-electron chi connectivity index (χ2n) is 18.5. The molecule has 50 heavy (non-hydrogen) atoms. The molecule has 0 aromatic carbocycles. The van der Waals surface area contributed by atoms with Crippen molar-refractivity contribution in [2.24, 2.45) is 52.3 Å². The fraction of sp³-hybridized carbons (Fsp3) is 1.00. The topological polar surface area (TPSA) is 95.8 Å². The number of hydrogen-bond acceptors (Lipinski definition) is 8. The monoisotopic (exact) mass is 705 g/mol. The van der Waals surface area contributed by atoms with Crippen molar-refractivity contribution in [2.75, 3.05) is 26.4 Å². The maximum Gasteiger partial charge on any atom is 0.157 e. The van der Waals surface area contributed by atoms with Crippen LogP contribution in [-0.4, -0.2) is 79.9 Å². The molecule has 3 aliphatic heterocycles. The highest BCUT2D eigenvalue weighted by atomic mass is 16.7. The molecule has 3 heterocycles. The predicted molar refractivity (Wildman–Crippen MR) is 192 cm³/mol. The predicted octanol–water partition coefficient (Wildman–Crippen LogP) is 8.01. The summed E-state index contributed by atoms with van der Waals surface area (Å²) in [7, 11) is 0. The van der Waals surface area contributed by atoms with Crippen LogP contribution >= 0.6 is 0 Å². The van der Waals surface area contributed by atoms with Gasteiger partial charge in [0.05, 0.1) is 24.4 Å². The molecule has 16 atom stereocenters. The van der Waals surface area contributed by atoms with Gasteiger partial charge >= 0.3 is 0 Å². The lowest BCUT2D eigenvalue weighted by molar-refractivity contribution is -0.289. The highest BCUT2D eigenvalue weighted by Gasteiger charge is 2.67.